The smallest absolute Gasteiger partial charge is 0.230 e. The average molecular weight is 417 g/mol. The lowest BCUT2D eigenvalue weighted by molar-refractivity contribution is -0.118. The van der Waals surface area contributed by atoms with Crippen molar-refractivity contribution in [3.63, 3.8) is 0 Å². The topological polar surface area (TPSA) is 85.4 Å². The Morgan fingerprint density at radius 3 is 2.79 bits per heavy atom. The van der Waals surface area contributed by atoms with Gasteiger partial charge in [-0.15, -0.1) is 10.2 Å². The predicted octanol–water partition coefficient (Wildman–Crippen LogP) is 3.71. The van der Waals surface area contributed by atoms with E-state index in [2.05, 4.69) is 20.8 Å². The molecule has 0 fully saturated rings. The molecule has 146 valence electrons. The summed E-state index contributed by atoms with van der Waals surface area (Å²) in [5.74, 6) is 1.70. The monoisotopic (exact) mass is 416 g/mol. The number of amides is 1. The fraction of sp³-hybridized carbons (Fsp3) is 0.211. The molecular formula is C19H20N4O3S2. The number of carbonyl (C=O) groups excluding carboxylic acids is 1. The summed E-state index contributed by atoms with van der Waals surface area (Å²) in [6.07, 6.45) is 0. The van der Waals surface area contributed by atoms with E-state index in [1.165, 1.54) is 23.1 Å². The highest BCUT2D eigenvalue weighted by Gasteiger charge is 2.10. The van der Waals surface area contributed by atoms with E-state index >= 15 is 0 Å². The molecule has 0 bridgehead atoms. The Balaban J connectivity index is 1.48. The number of nitrogens with zero attached hydrogens (tertiary/aromatic N) is 2. The van der Waals surface area contributed by atoms with Crippen molar-refractivity contribution in [2.24, 2.45) is 0 Å². The van der Waals surface area contributed by atoms with Gasteiger partial charge < -0.3 is 20.1 Å². The van der Waals surface area contributed by atoms with Crippen molar-refractivity contribution >= 4 is 39.8 Å². The molecule has 0 saturated carbocycles. The fourth-order valence-corrected chi connectivity index (χ4v) is 3.94. The molecular weight excluding hydrogens is 396 g/mol. The summed E-state index contributed by atoms with van der Waals surface area (Å²) < 4.78 is 11.2. The van der Waals surface area contributed by atoms with Gasteiger partial charge in [0.05, 0.1) is 25.7 Å². The number of rotatable bonds is 9. The number of ether oxygens (including phenoxy) is 2. The highest BCUT2D eigenvalue weighted by atomic mass is 32.2. The van der Waals surface area contributed by atoms with E-state index in [0.29, 0.717) is 16.0 Å². The predicted molar refractivity (Wildman–Crippen MR) is 112 cm³/mol. The first-order valence-corrected chi connectivity index (χ1v) is 10.2. The second kappa shape index (κ2) is 9.95. The number of methoxy groups -OCH3 is 2. The lowest BCUT2D eigenvalue weighted by Gasteiger charge is -2.07. The third-order valence-corrected chi connectivity index (χ3v) is 5.68. The van der Waals surface area contributed by atoms with Crippen LogP contribution in [-0.4, -0.2) is 36.1 Å². The van der Waals surface area contributed by atoms with Crippen molar-refractivity contribution in [1.29, 1.82) is 0 Å². The van der Waals surface area contributed by atoms with Gasteiger partial charge in [0.15, 0.2) is 4.34 Å². The number of hydrogen-bond acceptors (Lipinski definition) is 8. The molecule has 0 atom stereocenters. The molecule has 0 unspecified atom stereocenters. The van der Waals surface area contributed by atoms with Crippen LogP contribution in [0.1, 0.15) is 5.56 Å². The first-order chi connectivity index (χ1) is 13.7. The van der Waals surface area contributed by atoms with Crippen LogP contribution in [0.25, 0.3) is 0 Å². The number of benzene rings is 2. The molecule has 1 amide bonds. The Bertz CT molecular complexity index is 933. The van der Waals surface area contributed by atoms with E-state index in [9.17, 15) is 4.79 Å². The van der Waals surface area contributed by atoms with Gasteiger partial charge in [0.25, 0.3) is 0 Å². The Morgan fingerprint density at radius 2 is 1.96 bits per heavy atom. The molecule has 0 saturated heterocycles. The molecule has 28 heavy (non-hydrogen) atoms. The minimum Gasteiger partial charge on any atom is -0.497 e. The molecule has 0 spiro atoms. The van der Waals surface area contributed by atoms with Crippen LogP contribution in [0.5, 0.6) is 11.5 Å². The van der Waals surface area contributed by atoms with Crippen LogP contribution in [-0.2, 0) is 11.3 Å². The Kier molecular flexibility index (Phi) is 7.10. The fourth-order valence-electron chi connectivity index (χ4n) is 2.34. The van der Waals surface area contributed by atoms with Crippen molar-refractivity contribution in [2.45, 2.75) is 10.9 Å². The van der Waals surface area contributed by atoms with Gasteiger partial charge in [-0.2, -0.15) is 0 Å². The minimum absolute atomic E-state index is 0.0674. The van der Waals surface area contributed by atoms with Crippen molar-refractivity contribution in [1.82, 2.24) is 15.5 Å². The van der Waals surface area contributed by atoms with Crippen LogP contribution in [0.4, 0.5) is 10.8 Å². The van der Waals surface area contributed by atoms with Gasteiger partial charge in [0.1, 0.15) is 11.5 Å². The number of nitrogens with one attached hydrogen (secondary N) is 2. The average Bonchev–Trinajstić information content (AvgIpc) is 3.18. The van der Waals surface area contributed by atoms with Gasteiger partial charge in [-0.05, 0) is 29.8 Å². The summed E-state index contributed by atoms with van der Waals surface area (Å²) in [6.45, 7) is 0.452. The third-order valence-electron chi connectivity index (χ3n) is 3.71. The molecule has 7 nitrogen and oxygen atoms in total. The molecule has 9 heteroatoms. The zero-order chi connectivity index (χ0) is 19.8. The molecule has 2 aromatic carbocycles. The van der Waals surface area contributed by atoms with Crippen molar-refractivity contribution in [3.8, 4) is 11.5 Å². The van der Waals surface area contributed by atoms with Gasteiger partial charge in [0, 0.05) is 6.54 Å². The first-order valence-electron chi connectivity index (χ1n) is 8.44. The van der Waals surface area contributed by atoms with E-state index in [-0.39, 0.29) is 11.7 Å². The van der Waals surface area contributed by atoms with Gasteiger partial charge >= 0.3 is 0 Å². The van der Waals surface area contributed by atoms with Crippen LogP contribution in [0.3, 0.4) is 0 Å². The van der Waals surface area contributed by atoms with E-state index in [4.69, 9.17) is 9.47 Å². The molecule has 2 N–H and O–H groups in total. The minimum atomic E-state index is -0.0674. The number of thioether (sulfide) groups is 1. The number of aromatic nitrogens is 2. The molecule has 3 rings (SSSR count). The lowest BCUT2D eigenvalue weighted by Crippen LogP contribution is -2.24. The maximum absolute atomic E-state index is 12.1. The molecule has 0 aliphatic heterocycles. The Hall–Kier alpha value is -2.78. The van der Waals surface area contributed by atoms with Gasteiger partial charge in [-0.3, -0.25) is 4.79 Å². The Morgan fingerprint density at radius 1 is 1.11 bits per heavy atom. The van der Waals surface area contributed by atoms with E-state index in [1.807, 2.05) is 48.5 Å². The number of para-hydroxylation sites is 2. The van der Waals surface area contributed by atoms with Gasteiger partial charge in [-0.1, -0.05) is 47.4 Å². The highest BCUT2D eigenvalue weighted by molar-refractivity contribution is 8.01. The molecule has 3 aromatic rings. The van der Waals surface area contributed by atoms with Crippen LogP contribution in [0, 0.1) is 0 Å². The molecule has 1 aromatic heterocycles. The summed E-state index contributed by atoms with van der Waals surface area (Å²) in [4.78, 5) is 12.1. The summed E-state index contributed by atoms with van der Waals surface area (Å²) >= 11 is 2.74. The maximum Gasteiger partial charge on any atom is 0.230 e. The molecule has 0 aliphatic carbocycles. The molecule has 1 heterocycles. The standard InChI is InChI=1S/C19H20N4O3S2/c1-25-14-7-5-6-13(10-14)11-20-17(24)12-27-19-23-22-18(28-19)21-15-8-3-4-9-16(15)26-2/h3-10H,11-12H2,1-2H3,(H,20,24)(H,21,22). The van der Waals surface area contributed by atoms with Crippen LogP contribution < -0.4 is 20.1 Å². The number of carbonyl (C=O) groups is 1. The summed E-state index contributed by atoms with van der Waals surface area (Å²) in [5, 5.41) is 14.9. The normalized spacial score (nSPS) is 10.4. The van der Waals surface area contributed by atoms with Crippen molar-refractivity contribution < 1.29 is 14.3 Å². The quantitative estimate of drug-likeness (QED) is 0.514. The van der Waals surface area contributed by atoms with E-state index in [1.54, 1.807) is 14.2 Å². The summed E-state index contributed by atoms with van der Waals surface area (Å²) in [7, 11) is 3.24. The SMILES string of the molecule is COc1cccc(CNC(=O)CSc2nnc(Nc3ccccc3OC)s2)c1. The second-order valence-corrected chi connectivity index (χ2v) is 7.82. The Labute approximate surface area is 171 Å². The third kappa shape index (κ3) is 5.61. The first kappa shape index (κ1) is 20.0. The van der Waals surface area contributed by atoms with Crippen LogP contribution in [0.15, 0.2) is 52.9 Å². The van der Waals surface area contributed by atoms with Crippen molar-refractivity contribution in [2.75, 3.05) is 25.3 Å². The summed E-state index contributed by atoms with van der Waals surface area (Å²) in [5.41, 5.74) is 1.80. The van der Waals surface area contributed by atoms with E-state index < -0.39 is 0 Å². The molecule has 0 radical (unpaired) electrons. The van der Waals surface area contributed by atoms with Gasteiger partial charge in [-0.25, -0.2) is 0 Å². The lowest BCUT2D eigenvalue weighted by atomic mass is 10.2. The largest absolute Gasteiger partial charge is 0.497 e. The zero-order valence-corrected chi connectivity index (χ0v) is 17.1. The van der Waals surface area contributed by atoms with Crippen molar-refractivity contribution in [3.05, 3.63) is 54.1 Å². The second-order valence-electron chi connectivity index (χ2n) is 5.62. The van der Waals surface area contributed by atoms with E-state index in [0.717, 1.165) is 22.7 Å². The zero-order valence-electron chi connectivity index (χ0n) is 15.5. The summed E-state index contributed by atoms with van der Waals surface area (Å²) in [6, 6.07) is 15.2. The molecule has 0 aliphatic rings. The van der Waals surface area contributed by atoms with Crippen LogP contribution >= 0.6 is 23.1 Å². The number of hydrogen-bond donors (Lipinski definition) is 2. The number of anilines is 2. The van der Waals surface area contributed by atoms with Gasteiger partial charge in [0.2, 0.25) is 11.0 Å². The highest BCUT2D eigenvalue weighted by Crippen LogP contribution is 2.31. The maximum atomic E-state index is 12.1. The van der Waals surface area contributed by atoms with Crippen LogP contribution in [0.2, 0.25) is 0 Å².